The summed E-state index contributed by atoms with van der Waals surface area (Å²) < 4.78 is 11.6. The summed E-state index contributed by atoms with van der Waals surface area (Å²) in [6, 6.07) is 14.7. The van der Waals surface area contributed by atoms with E-state index in [0.29, 0.717) is 42.5 Å². The Bertz CT molecular complexity index is 1110. The van der Waals surface area contributed by atoms with Crippen molar-refractivity contribution in [1.82, 2.24) is 9.96 Å². The van der Waals surface area contributed by atoms with Crippen molar-refractivity contribution < 1.29 is 23.9 Å². The minimum Gasteiger partial charge on any atom is -0.494 e. The molecule has 0 N–H and O–H groups in total. The molecule has 0 aromatic heterocycles. The molecule has 0 saturated carbocycles. The van der Waals surface area contributed by atoms with Crippen molar-refractivity contribution in [1.29, 1.82) is 5.26 Å². The van der Waals surface area contributed by atoms with E-state index in [2.05, 4.69) is 6.07 Å². The van der Waals surface area contributed by atoms with E-state index < -0.39 is 5.60 Å². The summed E-state index contributed by atoms with van der Waals surface area (Å²) in [5.41, 5.74) is 2.08. The molecule has 1 saturated heterocycles. The minimum absolute atomic E-state index is 0.257. The molecule has 1 heterocycles. The molecule has 3 rings (SSSR count). The average Bonchev–Trinajstić information content (AvgIpc) is 2.87. The normalized spacial score (nSPS) is 14.2. The van der Waals surface area contributed by atoms with Crippen LogP contribution in [0.5, 0.6) is 5.75 Å². The maximum absolute atomic E-state index is 12.8. The summed E-state index contributed by atoms with van der Waals surface area (Å²) >= 11 is 0. The fraction of sp³-hybridized carbons (Fsp3) is 0.464. The molecule has 0 aliphatic carbocycles. The molecular weight excluding hydrogens is 458 g/mol. The first-order valence-corrected chi connectivity index (χ1v) is 12.2. The van der Waals surface area contributed by atoms with Crippen LogP contribution in [-0.4, -0.2) is 61.4 Å². The number of hydrogen-bond acceptors (Lipinski definition) is 6. The molecular formula is C28H35N3O5. The summed E-state index contributed by atoms with van der Waals surface area (Å²) in [6.45, 7) is 7.45. The van der Waals surface area contributed by atoms with E-state index in [1.165, 1.54) is 7.11 Å². The number of nitriles is 1. The minimum atomic E-state index is -0.496. The highest BCUT2D eigenvalue weighted by molar-refractivity contribution is 5.95. The Labute approximate surface area is 213 Å². The van der Waals surface area contributed by atoms with Gasteiger partial charge in [-0.3, -0.25) is 9.63 Å². The number of benzene rings is 2. The fourth-order valence-electron chi connectivity index (χ4n) is 4.08. The van der Waals surface area contributed by atoms with Crippen LogP contribution in [0.25, 0.3) is 11.1 Å². The van der Waals surface area contributed by atoms with Crippen molar-refractivity contribution in [3.63, 3.8) is 0 Å². The second kappa shape index (κ2) is 11.9. The number of hydrogen-bond donors (Lipinski definition) is 0. The molecule has 8 nitrogen and oxygen atoms in total. The van der Waals surface area contributed by atoms with Gasteiger partial charge in [0.25, 0.3) is 5.91 Å². The number of rotatable bonds is 7. The van der Waals surface area contributed by atoms with Crippen LogP contribution < -0.4 is 4.74 Å². The summed E-state index contributed by atoms with van der Waals surface area (Å²) in [6.07, 6.45) is 2.38. The van der Waals surface area contributed by atoms with Crippen molar-refractivity contribution in [2.24, 2.45) is 5.92 Å². The van der Waals surface area contributed by atoms with E-state index in [1.54, 1.807) is 36.2 Å². The first-order chi connectivity index (χ1) is 17.1. The molecule has 0 spiro atoms. The molecule has 0 atom stereocenters. The highest BCUT2D eigenvalue weighted by Crippen LogP contribution is 2.29. The lowest BCUT2D eigenvalue weighted by atomic mass is 9.94. The SMILES string of the molecule is CON(C)C(=O)c1cc(OCCC2CCN(C(=O)OC(C)(C)C)CC2)cc(-c2cccc(C#N)c2)c1. The third-order valence-corrected chi connectivity index (χ3v) is 6.10. The molecule has 0 radical (unpaired) electrons. The van der Waals surface area contributed by atoms with Crippen molar-refractivity contribution >= 4 is 12.0 Å². The predicted octanol–water partition coefficient (Wildman–Crippen LogP) is 5.27. The Balaban J connectivity index is 1.65. The summed E-state index contributed by atoms with van der Waals surface area (Å²) in [5, 5.41) is 10.4. The van der Waals surface area contributed by atoms with Crippen LogP contribution in [0.2, 0.25) is 0 Å². The standard InChI is InChI=1S/C28H35N3O5/c1-28(2,3)36-27(33)31-12-9-20(10-13-31)11-14-35-25-17-23(22-8-6-7-21(15-22)19-29)16-24(18-25)26(32)30(4)34-5/h6-8,15-18,20H,9-14H2,1-5H3. The number of nitrogens with zero attached hydrogens (tertiary/aromatic N) is 3. The third kappa shape index (κ3) is 7.46. The smallest absolute Gasteiger partial charge is 0.410 e. The molecule has 0 unspecified atom stereocenters. The Kier molecular flexibility index (Phi) is 8.94. The van der Waals surface area contributed by atoms with Crippen molar-refractivity contribution in [3.05, 3.63) is 53.6 Å². The Morgan fingerprint density at radius 2 is 1.83 bits per heavy atom. The lowest BCUT2D eigenvalue weighted by molar-refractivity contribution is -0.0757. The Morgan fingerprint density at radius 1 is 1.11 bits per heavy atom. The zero-order valence-electron chi connectivity index (χ0n) is 21.7. The number of amides is 2. The average molecular weight is 494 g/mol. The molecule has 2 amide bonds. The summed E-state index contributed by atoms with van der Waals surface area (Å²) in [7, 11) is 2.99. The maximum atomic E-state index is 12.8. The summed E-state index contributed by atoms with van der Waals surface area (Å²) in [5.74, 6) is 0.726. The first-order valence-electron chi connectivity index (χ1n) is 12.2. The zero-order valence-corrected chi connectivity index (χ0v) is 21.7. The van der Waals surface area contributed by atoms with Crippen LogP contribution in [0.4, 0.5) is 4.79 Å². The molecule has 192 valence electrons. The molecule has 2 aromatic carbocycles. The van der Waals surface area contributed by atoms with Crippen molar-refractivity contribution in [2.75, 3.05) is 33.9 Å². The quantitative estimate of drug-likeness (QED) is 0.488. The van der Waals surface area contributed by atoms with Gasteiger partial charge in [0.15, 0.2) is 0 Å². The number of piperidine rings is 1. The maximum Gasteiger partial charge on any atom is 0.410 e. The van der Waals surface area contributed by atoms with E-state index >= 15 is 0 Å². The monoisotopic (exact) mass is 493 g/mol. The van der Waals surface area contributed by atoms with Crippen LogP contribution in [0.1, 0.15) is 56.0 Å². The van der Waals surface area contributed by atoms with Gasteiger partial charge in [-0.2, -0.15) is 5.26 Å². The first kappa shape index (κ1) is 27.0. The number of carbonyl (C=O) groups excluding carboxylic acids is 2. The molecule has 1 aliphatic rings. The van der Waals surface area contributed by atoms with Crippen LogP contribution in [0.3, 0.4) is 0 Å². The Hall–Kier alpha value is -3.57. The van der Waals surface area contributed by atoms with Crippen molar-refractivity contribution in [3.8, 4) is 22.9 Å². The molecule has 2 aromatic rings. The second-order valence-electron chi connectivity index (χ2n) is 9.97. The van der Waals surface area contributed by atoms with Gasteiger partial charge in [-0.1, -0.05) is 12.1 Å². The van der Waals surface area contributed by atoms with E-state index in [-0.39, 0.29) is 12.0 Å². The number of carbonyl (C=O) groups is 2. The van der Waals surface area contributed by atoms with Crippen LogP contribution in [0, 0.1) is 17.2 Å². The Morgan fingerprint density at radius 3 is 2.47 bits per heavy atom. The highest BCUT2D eigenvalue weighted by atomic mass is 16.7. The van der Waals surface area contributed by atoms with Gasteiger partial charge in [0, 0.05) is 25.7 Å². The van der Waals surface area contributed by atoms with Crippen LogP contribution in [0.15, 0.2) is 42.5 Å². The molecule has 0 bridgehead atoms. The predicted molar refractivity (Wildman–Crippen MR) is 136 cm³/mol. The van der Waals surface area contributed by atoms with Gasteiger partial charge in [0.1, 0.15) is 11.4 Å². The van der Waals surface area contributed by atoms with Crippen molar-refractivity contribution in [2.45, 2.75) is 45.6 Å². The van der Waals surface area contributed by atoms with E-state index in [1.807, 2.05) is 39.0 Å². The fourth-order valence-corrected chi connectivity index (χ4v) is 4.08. The highest BCUT2D eigenvalue weighted by Gasteiger charge is 2.26. The number of hydroxylamine groups is 2. The lowest BCUT2D eigenvalue weighted by Gasteiger charge is -2.33. The lowest BCUT2D eigenvalue weighted by Crippen LogP contribution is -2.41. The number of likely N-dealkylation sites (tertiary alicyclic amines) is 1. The van der Waals surface area contributed by atoms with Gasteiger partial charge in [0.05, 0.1) is 25.3 Å². The van der Waals surface area contributed by atoms with E-state index in [4.69, 9.17) is 14.3 Å². The van der Waals surface area contributed by atoms with E-state index in [0.717, 1.165) is 35.5 Å². The molecule has 1 fully saturated rings. The topological polar surface area (TPSA) is 92.1 Å². The number of ether oxygens (including phenoxy) is 2. The van der Waals surface area contributed by atoms with Gasteiger partial charge in [-0.15, -0.1) is 0 Å². The van der Waals surface area contributed by atoms with Gasteiger partial charge >= 0.3 is 6.09 Å². The zero-order chi connectivity index (χ0) is 26.3. The van der Waals surface area contributed by atoms with Crippen LogP contribution in [-0.2, 0) is 9.57 Å². The second-order valence-corrected chi connectivity index (χ2v) is 9.97. The van der Waals surface area contributed by atoms with E-state index in [9.17, 15) is 14.9 Å². The van der Waals surface area contributed by atoms with Crippen LogP contribution >= 0.6 is 0 Å². The molecule has 8 heteroatoms. The molecule has 36 heavy (non-hydrogen) atoms. The van der Waals surface area contributed by atoms with Gasteiger partial charge < -0.3 is 14.4 Å². The summed E-state index contributed by atoms with van der Waals surface area (Å²) in [4.78, 5) is 31.9. The largest absolute Gasteiger partial charge is 0.494 e. The molecule has 1 aliphatic heterocycles. The van der Waals surface area contributed by atoms with Gasteiger partial charge in [-0.25, -0.2) is 9.86 Å². The third-order valence-electron chi connectivity index (χ3n) is 6.10. The van der Waals surface area contributed by atoms with Gasteiger partial charge in [0.2, 0.25) is 0 Å². The van der Waals surface area contributed by atoms with Gasteiger partial charge in [-0.05, 0) is 87.4 Å².